The van der Waals surface area contributed by atoms with Crippen molar-refractivity contribution in [1.29, 1.82) is 0 Å². The maximum atomic E-state index is 12.7. The number of alkyl halides is 1. The molecule has 0 fully saturated rings. The third-order valence-electron chi connectivity index (χ3n) is 4.50. The van der Waals surface area contributed by atoms with Gasteiger partial charge in [0.15, 0.2) is 0 Å². The molecule has 0 saturated carbocycles. The maximum Gasteiger partial charge on any atom is 0.245 e. The molecule has 1 aromatic carbocycles. The highest BCUT2D eigenvalue weighted by molar-refractivity contribution is 6.30. The Labute approximate surface area is 178 Å². The van der Waals surface area contributed by atoms with Crippen LogP contribution in [-0.2, 0) is 15.0 Å². The van der Waals surface area contributed by atoms with Crippen LogP contribution >= 0.6 is 11.6 Å². The van der Waals surface area contributed by atoms with E-state index in [1.165, 1.54) is 4.90 Å². The molecule has 2 amide bonds. The number of nitrogens with one attached hydrogen (secondary N) is 1. The topological polar surface area (TPSA) is 67.2 Å². The maximum absolute atomic E-state index is 12.7. The average molecular weight is 419 g/mol. The number of hydrogen-bond donors (Lipinski definition) is 1. The Hall–Kier alpha value is -2.34. The van der Waals surface area contributed by atoms with Gasteiger partial charge in [0.2, 0.25) is 11.8 Å². The van der Waals surface area contributed by atoms with E-state index in [2.05, 4.69) is 26.1 Å². The minimum atomic E-state index is -0.667. The summed E-state index contributed by atoms with van der Waals surface area (Å²) in [5, 5.41) is 6.97. The van der Waals surface area contributed by atoms with Crippen molar-refractivity contribution in [2.45, 2.75) is 58.8 Å². The highest BCUT2D eigenvalue weighted by Crippen LogP contribution is 2.26. The monoisotopic (exact) mass is 418 g/mol. The van der Waals surface area contributed by atoms with Crippen LogP contribution in [-0.4, -0.2) is 45.0 Å². The van der Waals surface area contributed by atoms with Crippen molar-refractivity contribution in [3.63, 3.8) is 0 Å². The van der Waals surface area contributed by atoms with E-state index in [-0.39, 0.29) is 23.8 Å². The standard InChI is InChI=1S/C22H31ClN4O2/c1-7-12-26(21(29)16(3)23)14-20(28)24-19-13-18(22(4,5)6)25-27(19)17-10-8-15(2)9-11-17/h8-11,13,16H,7,12,14H2,1-6H3,(H,24,28)/t16-/m0/s1. The molecule has 158 valence electrons. The van der Waals surface area contributed by atoms with Crippen molar-refractivity contribution in [1.82, 2.24) is 14.7 Å². The molecule has 6 nitrogen and oxygen atoms in total. The molecule has 1 heterocycles. The van der Waals surface area contributed by atoms with Gasteiger partial charge in [-0.15, -0.1) is 11.6 Å². The van der Waals surface area contributed by atoms with E-state index in [0.717, 1.165) is 23.4 Å². The molecule has 0 aliphatic heterocycles. The number of amides is 2. The molecular weight excluding hydrogens is 388 g/mol. The van der Waals surface area contributed by atoms with Crippen LogP contribution in [0.2, 0.25) is 0 Å². The largest absolute Gasteiger partial charge is 0.332 e. The third-order valence-corrected chi connectivity index (χ3v) is 4.69. The van der Waals surface area contributed by atoms with Gasteiger partial charge in [-0.3, -0.25) is 9.59 Å². The molecule has 0 aliphatic rings. The molecule has 0 unspecified atom stereocenters. The van der Waals surface area contributed by atoms with Gasteiger partial charge < -0.3 is 10.2 Å². The minimum absolute atomic E-state index is 0.0480. The lowest BCUT2D eigenvalue weighted by Gasteiger charge is -2.22. The predicted molar refractivity (Wildman–Crippen MR) is 118 cm³/mol. The molecule has 1 atom stereocenters. The zero-order valence-corrected chi connectivity index (χ0v) is 18.9. The van der Waals surface area contributed by atoms with E-state index in [4.69, 9.17) is 16.7 Å². The van der Waals surface area contributed by atoms with Gasteiger partial charge in [0.25, 0.3) is 0 Å². The molecule has 0 radical (unpaired) electrons. The Bertz CT molecular complexity index is 851. The lowest BCUT2D eigenvalue weighted by molar-refractivity contribution is -0.134. The fourth-order valence-electron chi connectivity index (χ4n) is 2.86. The zero-order valence-electron chi connectivity index (χ0n) is 18.1. The summed E-state index contributed by atoms with van der Waals surface area (Å²) in [5.41, 5.74) is 2.70. The first kappa shape index (κ1) is 22.9. The van der Waals surface area contributed by atoms with Crippen LogP contribution in [0, 0.1) is 6.92 Å². The van der Waals surface area contributed by atoms with Crippen molar-refractivity contribution >= 4 is 29.2 Å². The van der Waals surface area contributed by atoms with Gasteiger partial charge in [0.1, 0.15) is 11.2 Å². The van der Waals surface area contributed by atoms with Gasteiger partial charge in [-0.05, 0) is 32.4 Å². The predicted octanol–water partition coefficient (Wildman–Crippen LogP) is 4.28. The quantitative estimate of drug-likeness (QED) is 0.682. The SMILES string of the molecule is CCCN(CC(=O)Nc1cc(C(C)(C)C)nn1-c1ccc(C)cc1)C(=O)[C@H](C)Cl. The van der Waals surface area contributed by atoms with Crippen LogP contribution in [0.4, 0.5) is 5.82 Å². The summed E-state index contributed by atoms with van der Waals surface area (Å²) in [7, 11) is 0. The van der Waals surface area contributed by atoms with Crippen molar-refractivity contribution in [3.8, 4) is 5.69 Å². The Morgan fingerprint density at radius 1 is 1.24 bits per heavy atom. The lowest BCUT2D eigenvalue weighted by Crippen LogP contribution is -2.41. The van der Waals surface area contributed by atoms with Crippen LogP contribution in [0.5, 0.6) is 0 Å². The Morgan fingerprint density at radius 2 is 1.86 bits per heavy atom. The number of carbonyl (C=O) groups is 2. The Morgan fingerprint density at radius 3 is 2.38 bits per heavy atom. The highest BCUT2D eigenvalue weighted by atomic mass is 35.5. The molecule has 7 heteroatoms. The van der Waals surface area contributed by atoms with E-state index in [1.54, 1.807) is 11.6 Å². The van der Waals surface area contributed by atoms with E-state index >= 15 is 0 Å². The van der Waals surface area contributed by atoms with Crippen LogP contribution < -0.4 is 5.32 Å². The second-order valence-electron chi connectivity index (χ2n) is 8.34. The molecule has 0 saturated heterocycles. The minimum Gasteiger partial charge on any atom is -0.332 e. The van der Waals surface area contributed by atoms with Crippen molar-refractivity contribution in [3.05, 3.63) is 41.6 Å². The molecular formula is C22H31ClN4O2. The number of benzene rings is 1. The first-order valence-electron chi connectivity index (χ1n) is 9.93. The molecule has 1 aromatic heterocycles. The molecule has 2 aromatic rings. The summed E-state index contributed by atoms with van der Waals surface area (Å²) in [6, 6.07) is 9.82. The second-order valence-corrected chi connectivity index (χ2v) is 8.99. The summed E-state index contributed by atoms with van der Waals surface area (Å²) in [6.07, 6.45) is 0.748. The third kappa shape index (κ3) is 6.07. The van der Waals surface area contributed by atoms with Crippen LogP contribution in [0.3, 0.4) is 0 Å². The van der Waals surface area contributed by atoms with E-state index in [9.17, 15) is 9.59 Å². The van der Waals surface area contributed by atoms with E-state index in [1.807, 2.05) is 44.2 Å². The first-order chi connectivity index (χ1) is 13.5. The number of anilines is 1. The van der Waals surface area contributed by atoms with Crippen LogP contribution in [0.25, 0.3) is 5.69 Å². The summed E-state index contributed by atoms with van der Waals surface area (Å²) in [4.78, 5) is 26.5. The molecule has 1 N–H and O–H groups in total. The fraction of sp³-hybridized carbons (Fsp3) is 0.500. The molecule has 29 heavy (non-hydrogen) atoms. The zero-order chi connectivity index (χ0) is 21.8. The number of rotatable bonds is 7. The number of nitrogens with zero attached hydrogens (tertiary/aromatic N) is 3. The summed E-state index contributed by atoms with van der Waals surface area (Å²) >= 11 is 5.94. The average Bonchev–Trinajstić information content (AvgIpc) is 3.05. The molecule has 0 bridgehead atoms. The fourth-order valence-corrected chi connectivity index (χ4v) is 3.00. The van der Waals surface area contributed by atoms with Gasteiger partial charge in [0, 0.05) is 18.0 Å². The smallest absolute Gasteiger partial charge is 0.245 e. The second kappa shape index (κ2) is 9.44. The van der Waals surface area contributed by atoms with E-state index in [0.29, 0.717) is 12.4 Å². The van der Waals surface area contributed by atoms with E-state index < -0.39 is 5.38 Å². The van der Waals surface area contributed by atoms with Gasteiger partial charge in [-0.1, -0.05) is 45.4 Å². The first-order valence-corrected chi connectivity index (χ1v) is 10.4. The Balaban J connectivity index is 2.30. The lowest BCUT2D eigenvalue weighted by atomic mass is 9.92. The number of hydrogen-bond acceptors (Lipinski definition) is 3. The normalized spacial score (nSPS) is 12.5. The highest BCUT2D eigenvalue weighted by Gasteiger charge is 2.24. The summed E-state index contributed by atoms with van der Waals surface area (Å²) in [5.74, 6) is 0.0514. The van der Waals surface area contributed by atoms with Crippen molar-refractivity contribution < 1.29 is 9.59 Å². The van der Waals surface area contributed by atoms with Gasteiger partial charge >= 0.3 is 0 Å². The van der Waals surface area contributed by atoms with Crippen molar-refractivity contribution in [2.24, 2.45) is 0 Å². The number of carbonyl (C=O) groups excluding carboxylic acids is 2. The summed E-state index contributed by atoms with van der Waals surface area (Å²) < 4.78 is 1.73. The van der Waals surface area contributed by atoms with Crippen molar-refractivity contribution in [2.75, 3.05) is 18.4 Å². The van der Waals surface area contributed by atoms with Gasteiger partial charge in [-0.2, -0.15) is 5.10 Å². The number of aryl methyl sites for hydroxylation is 1. The number of halogens is 1. The Kier molecular flexibility index (Phi) is 7.47. The summed E-state index contributed by atoms with van der Waals surface area (Å²) in [6.45, 7) is 12.2. The van der Waals surface area contributed by atoms with Crippen LogP contribution in [0.15, 0.2) is 30.3 Å². The molecule has 0 aliphatic carbocycles. The number of aromatic nitrogens is 2. The van der Waals surface area contributed by atoms with Gasteiger partial charge in [-0.25, -0.2) is 4.68 Å². The van der Waals surface area contributed by atoms with Crippen LogP contribution in [0.1, 0.15) is 52.3 Å². The van der Waals surface area contributed by atoms with Gasteiger partial charge in [0.05, 0.1) is 17.9 Å². The molecule has 0 spiro atoms. The molecule has 2 rings (SSSR count).